The highest BCUT2D eigenvalue weighted by molar-refractivity contribution is 6.06. The van der Waals surface area contributed by atoms with Gasteiger partial charge in [0.15, 0.2) is 11.5 Å². The van der Waals surface area contributed by atoms with Crippen molar-refractivity contribution in [1.29, 1.82) is 0 Å². The van der Waals surface area contributed by atoms with Gasteiger partial charge in [0.1, 0.15) is 12.4 Å². The lowest BCUT2D eigenvalue weighted by atomic mass is 10.1. The first-order chi connectivity index (χ1) is 17.5. The third kappa shape index (κ3) is 4.97. The fraction of sp³-hybridized carbons (Fsp3) is 0.345. The van der Waals surface area contributed by atoms with Gasteiger partial charge < -0.3 is 28.5 Å². The van der Waals surface area contributed by atoms with Crippen molar-refractivity contribution in [3.05, 3.63) is 82.9 Å². The van der Waals surface area contributed by atoms with Crippen molar-refractivity contribution >= 4 is 16.8 Å². The number of rotatable bonds is 9. The van der Waals surface area contributed by atoms with E-state index in [0.29, 0.717) is 36.8 Å². The molecular weight excluding hydrogens is 456 g/mol. The van der Waals surface area contributed by atoms with Gasteiger partial charge in [-0.15, -0.1) is 0 Å². The molecule has 1 amide bonds. The van der Waals surface area contributed by atoms with Crippen molar-refractivity contribution in [2.24, 2.45) is 0 Å². The largest absolute Gasteiger partial charge is 0.493 e. The molecule has 1 fully saturated rings. The Bertz CT molecular complexity index is 1340. The summed E-state index contributed by atoms with van der Waals surface area (Å²) in [5.41, 5.74) is 4.74. The van der Waals surface area contributed by atoms with Gasteiger partial charge in [0.25, 0.3) is 5.91 Å². The van der Waals surface area contributed by atoms with Gasteiger partial charge in [0.05, 0.1) is 30.6 Å². The second-order valence-corrected chi connectivity index (χ2v) is 9.28. The Hall–Kier alpha value is -3.71. The molecule has 0 bridgehead atoms. The third-order valence-corrected chi connectivity index (χ3v) is 6.86. The number of aromatic amines is 1. The quantitative estimate of drug-likeness (QED) is 0.323. The average molecular weight is 489 g/mol. The molecule has 0 spiro atoms. The molecule has 1 N–H and O–H groups in total. The van der Waals surface area contributed by atoms with Crippen LogP contribution >= 0.6 is 0 Å². The second kappa shape index (κ2) is 10.5. The van der Waals surface area contributed by atoms with Crippen molar-refractivity contribution < 1.29 is 23.4 Å². The summed E-state index contributed by atoms with van der Waals surface area (Å²) in [5, 5.41) is 1.08. The number of methoxy groups -OCH3 is 1. The van der Waals surface area contributed by atoms with Gasteiger partial charge in [-0.05, 0) is 68.1 Å². The molecule has 7 nitrogen and oxygen atoms in total. The third-order valence-electron chi connectivity index (χ3n) is 6.86. The molecule has 36 heavy (non-hydrogen) atoms. The fourth-order valence-electron chi connectivity index (χ4n) is 4.78. The minimum atomic E-state index is -0.0220. The number of nitrogens with zero attached hydrogens (tertiary/aromatic N) is 1. The van der Waals surface area contributed by atoms with Crippen LogP contribution in [0.1, 0.15) is 45.8 Å². The molecule has 4 aromatic rings. The minimum absolute atomic E-state index is 0.0220. The molecule has 7 heteroatoms. The number of hydrogen-bond donors (Lipinski definition) is 1. The number of aromatic nitrogens is 1. The number of nitrogens with one attached hydrogen (secondary N) is 1. The van der Waals surface area contributed by atoms with E-state index in [-0.39, 0.29) is 12.0 Å². The van der Waals surface area contributed by atoms with Crippen molar-refractivity contribution in [3.63, 3.8) is 0 Å². The number of para-hydroxylation sites is 1. The SMILES string of the molecule is COc1ccc(CN(CC2CCCO2)C(=O)c2cccc3c(C)c(C)[nH]c23)cc1OCc1ccco1. The van der Waals surface area contributed by atoms with E-state index in [1.54, 1.807) is 13.4 Å². The van der Waals surface area contributed by atoms with E-state index < -0.39 is 0 Å². The van der Waals surface area contributed by atoms with E-state index in [4.69, 9.17) is 18.6 Å². The Morgan fingerprint density at radius 3 is 2.78 bits per heavy atom. The van der Waals surface area contributed by atoms with Gasteiger partial charge in [-0.25, -0.2) is 0 Å². The maximum Gasteiger partial charge on any atom is 0.256 e. The summed E-state index contributed by atoms with van der Waals surface area (Å²) in [5.74, 6) is 1.94. The molecule has 2 aromatic heterocycles. The highest BCUT2D eigenvalue weighted by Crippen LogP contribution is 2.31. The molecule has 5 rings (SSSR count). The Labute approximate surface area is 211 Å². The first-order valence-electron chi connectivity index (χ1n) is 12.3. The predicted octanol–water partition coefficient (Wildman–Crippen LogP) is 5.79. The molecule has 1 saturated heterocycles. The molecule has 1 aliphatic rings. The highest BCUT2D eigenvalue weighted by atomic mass is 16.5. The van der Waals surface area contributed by atoms with Crippen LogP contribution in [0.3, 0.4) is 0 Å². The van der Waals surface area contributed by atoms with E-state index in [2.05, 4.69) is 18.0 Å². The Morgan fingerprint density at radius 1 is 1.14 bits per heavy atom. The molecule has 1 atom stereocenters. The van der Waals surface area contributed by atoms with E-state index in [9.17, 15) is 4.79 Å². The van der Waals surface area contributed by atoms with Gasteiger partial charge in [-0.2, -0.15) is 0 Å². The summed E-state index contributed by atoms with van der Waals surface area (Å²) in [4.78, 5) is 19.2. The highest BCUT2D eigenvalue weighted by Gasteiger charge is 2.26. The number of carbonyl (C=O) groups excluding carboxylic acids is 1. The number of hydrogen-bond acceptors (Lipinski definition) is 5. The lowest BCUT2D eigenvalue weighted by molar-refractivity contribution is 0.0508. The summed E-state index contributed by atoms with van der Waals surface area (Å²) in [7, 11) is 1.61. The standard InChI is InChI=1S/C29H32N2O5/c1-19-20(2)30-28-24(19)9-4-10-25(28)29(32)31(17-22-7-5-13-34-22)16-21-11-12-26(33-3)27(15-21)36-18-23-8-6-14-35-23/h4,6,8-12,14-15,22,30H,5,7,13,16-18H2,1-3H3. The van der Waals surface area contributed by atoms with E-state index in [1.165, 1.54) is 5.56 Å². The topological polar surface area (TPSA) is 76.9 Å². The van der Waals surface area contributed by atoms with Crippen LogP contribution in [0.25, 0.3) is 10.9 Å². The zero-order chi connectivity index (χ0) is 25.1. The molecule has 1 aliphatic heterocycles. The number of fused-ring (bicyclic) bond motifs is 1. The van der Waals surface area contributed by atoms with E-state index >= 15 is 0 Å². The number of benzene rings is 2. The zero-order valence-electron chi connectivity index (χ0n) is 21.0. The summed E-state index contributed by atoms with van der Waals surface area (Å²) >= 11 is 0. The van der Waals surface area contributed by atoms with Crippen molar-refractivity contribution in [2.45, 2.75) is 45.9 Å². The van der Waals surface area contributed by atoms with Gasteiger partial charge >= 0.3 is 0 Å². The number of amides is 1. The Kier molecular flexibility index (Phi) is 7.00. The molecule has 0 aliphatic carbocycles. The van der Waals surface area contributed by atoms with Gasteiger partial charge in [0, 0.05) is 30.8 Å². The maximum atomic E-state index is 13.9. The number of furan rings is 1. The first-order valence-corrected chi connectivity index (χ1v) is 12.3. The number of aryl methyl sites for hydroxylation is 2. The molecule has 1 unspecified atom stereocenters. The van der Waals surface area contributed by atoms with Crippen molar-refractivity contribution in [1.82, 2.24) is 9.88 Å². The summed E-state index contributed by atoms with van der Waals surface area (Å²) < 4.78 is 22.8. The van der Waals surface area contributed by atoms with Crippen LogP contribution in [0, 0.1) is 13.8 Å². The first kappa shape index (κ1) is 24.0. The minimum Gasteiger partial charge on any atom is -0.493 e. The number of ether oxygens (including phenoxy) is 3. The second-order valence-electron chi connectivity index (χ2n) is 9.28. The van der Waals surface area contributed by atoms with Gasteiger partial charge in [-0.1, -0.05) is 18.2 Å². The van der Waals surface area contributed by atoms with Crippen LogP contribution in [-0.2, 0) is 17.9 Å². The van der Waals surface area contributed by atoms with Crippen LogP contribution in [-0.4, -0.2) is 42.2 Å². The Morgan fingerprint density at radius 2 is 2.03 bits per heavy atom. The maximum absolute atomic E-state index is 13.9. The molecule has 2 aromatic carbocycles. The smallest absolute Gasteiger partial charge is 0.256 e. The van der Waals surface area contributed by atoms with Crippen LogP contribution in [0.15, 0.2) is 59.2 Å². The van der Waals surface area contributed by atoms with Crippen LogP contribution in [0.2, 0.25) is 0 Å². The molecular formula is C29H32N2O5. The van der Waals surface area contributed by atoms with E-state index in [0.717, 1.165) is 47.4 Å². The summed E-state index contributed by atoms with van der Waals surface area (Å²) in [6.07, 6.45) is 3.63. The van der Waals surface area contributed by atoms with Crippen LogP contribution in [0.4, 0.5) is 0 Å². The number of H-pyrrole nitrogens is 1. The Balaban J connectivity index is 1.43. The summed E-state index contributed by atoms with van der Waals surface area (Å²) in [6, 6.07) is 15.4. The lowest BCUT2D eigenvalue weighted by Crippen LogP contribution is -2.37. The predicted molar refractivity (Wildman–Crippen MR) is 138 cm³/mol. The summed E-state index contributed by atoms with van der Waals surface area (Å²) in [6.45, 7) is 6.10. The average Bonchev–Trinajstić information content (AvgIpc) is 3.65. The van der Waals surface area contributed by atoms with Crippen LogP contribution in [0.5, 0.6) is 11.5 Å². The number of carbonyl (C=O) groups is 1. The van der Waals surface area contributed by atoms with Gasteiger partial charge in [-0.3, -0.25) is 4.79 Å². The fourth-order valence-corrected chi connectivity index (χ4v) is 4.78. The molecule has 188 valence electrons. The molecule has 3 heterocycles. The van der Waals surface area contributed by atoms with Crippen molar-refractivity contribution in [3.8, 4) is 11.5 Å². The van der Waals surface area contributed by atoms with Gasteiger partial charge in [0.2, 0.25) is 0 Å². The van der Waals surface area contributed by atoms with E-state index in [1.807, 2.05) is 54.3 Å². The molecule has 0 radical (unpaired) electrons. The normalized spacial score (nSPS) is 15.4. The zero-order valence-corrected chi connectivity index (χ0v) is 21.0. The lowest BCUT2D eigenvalue weighted by Gasteiger charge is -2.26. The van der Waals surface area contributed by atoms with Crippen LogP contribution < -0.4 is 9.47 Å². The van der Waals surface area contributed by atoms with Crippen molar-refractivity contribution in [2.75, 3.05) is 20.3 Å². The monoisotopic (exact) mass is 488 g/mol. The molecule has 0 saturated carbocycles.